The average Bonchev–Trinajstić information content (AvgIpc) is 2.52. The van der Waals surface area contributed by atoms with E-state index in [0.717, 1.165) is 22.6 Å². The van der Waals surface area contributed by atoms with E-state index in [1.54, 1.807) is 19.2 Å². The molecule has 2 aromatic rings. The predicted octanol–water partition coefficient (Wildman–Crippen LogP) is 3.27. The minimum atomic E-state index is -0.164. The summed E-state index contributed by atoms with van der Waals surface area (Å²) in [5, 5.41) is 9.41. The smallest absolute Gasteiger partial charge is 0.125 e. The Morgan fingerprint density at radius 3 is 2.57 bits per heavy atom. The first kappa shape index (κ1) is 15.2. The Bertz CT molecular complexity index is 654. The fraction of sp³-hybridized carbons (Fsp3) is 0.176. The van der Waals surface area contributed by atoms with Crippen molar-refractivity contribution in [2.24, 2.45) is 0 Å². The van der Waals surface area contributed by atoms with E-state index < -0.39 is 0 Å². The van der Waals surface area contributed by atoms with Crippen LogP contribution in [0.5, 0.6) is 11.5 Å². The third-order valence-electron chi connectivity index (χ3n) is 2.80. The average molecular weight is 303 g/mol. The molecule has 0 aromatic heterocycles. The standard InChI is InChI=1S/C17H15ClO3/c1-20-17-9-4-13(3-2-10-19)11-14(17)12-21-16-7-5-15(18)6-8-16/h4-9,11,19H,10,12H2,1H3. The fourth-order valence-electron chi connectivity index (χ4n) is 1.80. The zero-order valence-corrected chi connectivity index (χ0v) is 12.4. The number of halogens is 1. The van der Waals surface area contributed by atoms with Crippen LogP contribution >= 0.6 is 11.6 Å². The molecule has 4 heteroatoms. The van der Waals surface area contributed by atoms with Crippen LogP contribution in [-0.4, -0.2) is 18.8 Å². The highest BCUT2D eigenvalue weighted by Crippen LogP contribution is 2.22. The van der Waals surface area contributed by atoms with Crippen LogP contribution in [0.2, 0.25) is 5.02 Å². The van der Waals surface area contributed by atoms with E-state index in [2.05, 4.69) is 11.8 Å². The first-order valence-corrected chi connectivity index (χ1v) is 6.75. The van der Waals surface area contributed by atoms with Gasteiger partial charge < -0.3 is 14.6 Å². The molecule has 108 valence electrons. The maximum atomic E-state index is 8.74. The Kier molecular flexibility index (Phi) is 5.51. The molecule has 21 heavy (non-hydrogen) atoms. The van der Waals surface area contributed by atoms with Gasteiger partial charge in [-0.1, -0.05) is 23.4 Å². The Morgan fingerprint density at radius 2 is 1.90 bits per heavy atom. The first-order chi connectivity index (χ1) is 10.2. The van der Waals surface area contributed by atoms with Crippen LogP contribution in [0.1, 0.15) is 11.1 Å². The molecule has 0 bridgehead atoms. The third kappa shape index (κ3) is 4.42. The quantitative estimate of drug-likeness (QED) is 0.881. The van der Waals surface area contributed by atoms with E-state index in [0.29, 0.717) is 11.6 Å². The molecule has 0 aliphatic heterocycles. The van der Waals surface area contributed by atoms with Gasteiger partial charge in [0.25, 0.3) is 0 Å². The number of aliphatic hydroxyl groups is 1. The van der Waals surface area contributed by atoms with Gasteiger partial charge in [-0.15, -0.1) is 0 Å². The van der Waals surface area contributed by atoms with E-state index in [9.17, 15) is 0 Å². The van der Waals surface area contributed by atoms with E-state index >= 15 is 0 Å². The summed E-state index contributed by atoms with van der Waals surface area (Å²) in [6.45, 7) is 0.197. The van der Waals surface area contributed by atoms with Crippen molar-refractivity contribution in [3.8, 4) is 23.3 Å². The second-order valence-electron chi connectivity index (χ2n) is 4.23. The number of aliphatic hydroxyl groups excluding tert-OH is 1. The van der Waals surface area contributed by atoms with E-state index in [1.807, 2.05) is 30.3 Å². The monoisotopic (exact) mass is 302 g/mol. The van der Waals surface area contributed by atoms with Gasteiger partial charge in [0, 0.05) is 16.1 Å². The van der Waals surface area contributed by atoms with Gasteiger partial charge in [-0.2, -0.15) is 0 Å². The van der Waals surface area contributed by atoms with Gasteiger partial charge in [-0.3, -0.25) is 0 Å². The van der Waals surface area contributed by atoms with E-state index in [1.165, 1.54) is 0 Å². The number of hydrogen-bond donors (Lipinski definition) is 1. The second kappa shape index (κ2) is 7.58. The lowest BCUT2D eigenvalue weighted by Crippen LogP contribution is -1.99. The molecule has 0 saturated carbocycles. The molecule has 0 aliphatic rings. The molecular formula is C17H15ClO3. The molecule has 0 heterocycles. The summed E-state index contributed by atoms with van der Waals surface area (Å²) >= 11 is 5.83. The molecule has 0 atom stereocenters. The van der Waals surface area contributed by atoms with Crippen molar-refractivity contribution < 1.29 is 14.6 Å². The fourth-order valence-corrected chi connectivity index (χ4v) is 1.93. The number of methoxy groups -OCH3 is 1. The molecule has 3 nitrogen and oxygen atoms in total. The summed E-state index contributed by atoms with van der Waals surface area (Å²) in [6, 6.07) is 12.7. The zero-order valence-electron chi connectivity index (χ0n) is 11.6. The largest absolute Gasteiger partial charge is 0.496 e. The van der Waals surface area contributed by atoms with Crippen molar-refractivity contribution >= 4 is 11.6 Å². The highest BCUT2D eigenvalue weighted by molar-refractivity contribution is 6.30. The van der Waals surface area contributed by atoms with Crippen LogP contribution in [0.4, 0.5) is 0 Å². The maximum Gasteiger partial charge on any atom is 0.125 e. The molecule has 0 fully saturated rings. The molecule has 0 amide bonds. The van der Waals surface area contributed by atoms with Gasteiger partial charge in [-0.05, 0) is 42.5 Å². The lowest BCUT2D eigenvalue weighted by Gasteiger charge is -2.11. The van der Waals surface area contributed by atoms with Gasteiger partial charge in [-0.25, -0.2) is 0 Å². The number of ether oxygens (including phenoxy) is 2. The molecule has 2 rings (SSSR count). The second-order valence-corrected chi connectivity index (χ2v) is 4.67. The lowest BCUT2D eigenvalue weighted by atomic mass is 10.1. The molecular weight excluding hydrogens is 288 g/mol. The minimum Gasteiger partial charge on any atom is -0.496 e. The van der Waals surface area contributed by atoms with Crippen LogP contribution in [0.3, 0.4) is 0 Å². The molecule has 1 N–H and O–H groups in total. The molecule has 0 spiro atoms. The van der Waals surface area contributed by atoms with Crippen LogP contribution in [-0.2, 0) is 6.61 Å². The summed E-state index contributed by atoms with van der Waals surface area (Å²) in [5.74, 6) is 6.95. The summed E-state index contributed by atoms with van der Waals surface area (Å²) in [6.07, 6.45) is 0. The molecule has 0 saturated heterocycles. The third-order valence-corrected chi connectivity index (χ3v) is 3.05. The summed E-state index contributed by atoms with van der Waals surface area (Å²) in [5.41, 5.74) is 1.69. The normalized spacial score (nSPS) is 9.67. The van der Waals surface area contributed by atoms with E-state index in [-0.39, 0.29) is 6.61 Å². The summed E-state index contributed by atoms with van der Waals surface area (Å²) in [7, 11) is 1.61. The maximum absolute atomic E-state index is 8.74. The van der Waals surface area contributed by atoms with Crippen LogP contribution in [0.15, 0.2) is 42.5 Å². The first-order valence-electron chi connectivity index (χ1n) is 6.38. The van der Waals surface area contributed by atoms with Crippen molar-refractivity contribution in [3.05, 3.63) is 58.6 Å². The van der Waals surface area contributed by atoms with Gasteiger partial charge in [0.15, 0.2) is 0 Å². The Hall–Kier alpha value is -2.15. The number of hydrogen-bond acceptors (Lipinski definition) is 3. The van der Waals surface area contributed by atoms with Gasteiger partial charge in [0.2, 0.25) is 0 Å². The van der Waals surface area contributed by atoms with Gasteiger partial charge in [0.1, 0.15) is 24.7 Å². The molecule has 0 unspecified atom stereocenters. The minimum absolute atomic E-state index is 0.164. The molecule has 2 aromatic carbocycles. The van der Waals surface area contributed by atoms with Crippen molar-refractivity contribution in [1.82, 2.24) is 0 Å². The lowest BCUT2D eigenvalue weighted by molar-refractivity contribution is 0.296. The zero-order chi connectivity index (χ0) is 15.1. The highest BCUT2D eigenvalue weighted by Gasteiger charge is 2.05. The number of rotatable bonds is 4. The molecule has 0 radical (unpaired) electrons. The van der Waals surface area contributed by atoms with Crippen LogP contribution < -0.4 is 9.47 Å². The Morgan fingerprint density at radius 1 is 1.14 bits per heavy atom. The SMILES string of the molecule is COc1ccc(C#CCO)cc1COc1ccc(Cl)cc1. The van der Waals surface area contributed by atoms with Crippen molar-refractivity contribution in [2.45, 2.75) is 6.61 Å². The highest BCUT2D eigenvalue weighted by atomic mass is 35.5. The summed E-state index contributed by atoms with van der Waals surface area (Å²) in [4.78, 5) is 0. The number of benzene rings is 2. The van der Waals surface area contributed by atoms with E-state index in [4.69, 9.17) is 26.2 Å². The summed E-state index contributed by atoms with van der Waals surface area (Å²) < 4.78 is 11.0. The van der Waals surface area contributed by atoms with Gasteiger partial charge in [0.05, 0.1) is 7.11 Å². The molecule has 0 aliphatic carbocycles. The van der Waals surface area contributed by atoms with Crippen LogP contribution in [0, 0.1) is 11.8 Å². The Balaban J connectivity index is 2.15. The van der Waals surface area contributed by atoms with Crippen molar-refractivity contribution in [3.63, 3.8) is 0 Å². The topological polar surface area (TPSA) is 38.7 Å². The van der Waals surface area contributed by atoms with Gasteiger partial charge >= 0.3 is 0 Å². The Labute approximate surface area is 129 Å². The van der Waals surface area contributed by atoms with Crippen molar-refractivity contribution in [2.75, 3.05) is 13.7 Å². The van der Waals surface area contributed by atoms with Crippen molar-refractivity contribution in [1.29, 1.82) is 0 Å². The van der Waals surface area contributed by atoms with Crippen LogP contribution in [0.25, 0.3) is 0 Å². The predicted molar refractivity (Wildman–Crippen MR) is 82.7 cm³/mol.